The van der Waals surface area contributed by atoms with Gasteiger partial charge in [0.05, 0.1) is 13.7 Å². The Morgan fingerprint density at radius 3 is 2.57 bits per heavy atom. The molecule has 0 spiro atoms. The van der Waals surface area contributed by atoms with Crippen LogP contribution in [-0.4, -0.2) is 49.5 Å². The first-order chi connectivity index (χ1) is 11.0. The zero-order chi connectivity index (χ0) is 16.8. The van der Waals surface area contributed by atoms with Crippen LogP contribution in [0, 0.1) is 5.82 Å². The van der Waals surface area contributed by atoms with Crippen molar-refractivity contribution in [3.8, 4) is 5.75 Å². The summed E-state index contributed by atoms with van der Waals surface area (Å²) >= 11 is 0. The molecule has 5 heteroatoms. The van der Waals surface area contributed by atoms with Crippen LogP contribution >= 0.6 is 0 Å². The molecule has 23 heavy (non-hydrogen) atoms. The van der Waals surface area contributed by atoms with Crippen molar-refractivity contribution in [2.45, 2.75) is 44.7 Å². The van der Waals surface area contributed by atoms with E-state index < -0.39 is 0 Å². The van der Waals surface area contributed by atoms with Crippen LogP contribution in [0.4, 0.5) is 4.39 Å². The van der Waals surface area contributed by atoms with Crippen molar-refractivity contribution >= 4 is 5.91 Å². The lowest BCUT2D eigenvalue weighted by atomic mass is 9.94. The Kier molecular flexibility index (Phi) is 6.39. The minimum Gasteiger partial charge on any atom is -0.494 e. The maximum absolute atomic E-state index is 13.7. The second-order valence-electron chi connectivity index (χ2n) is 6.44. The number of carbonyl (C=O) groups excluding carboxylic acids is 1. The fourth-order valence-electron chi connectivity index (χ4n) is 3.19. The molecule has 1 amide bonds. The molecular formula is C18H27FN2O2. The van der Waals surface area contributed by atoms with Crippen molar-refractivity contribution in [3.05, 3.63) is 29.6 Å². The van der Waals surface area contributed by atoms with Gasteiger partial charge in [-0.2, -0.15) is 0 Å². The largest absolute Gasteiger partial charge is 0.494 e. The molecule has 1 saturated carbocycles. The van der Waals surface area contributed by atoms with E-state index in [0.717, 1.165) is 18.4 Å². The molecule has 0 atom stereocenters. The van der Waals surface area contributed by atoms with Crippen LogP contribution < -0.4 is 4.74 Å². The summed E-state index contributed by atoms with van der Waals surface area (Å²) in [5.41, 5.74) is 0.832. The SMILES string of the molecule is COc1ccc(CN(C)CC(=O)N(C)C2CCCCC2)cc1F. The highest BCUT2D eigenvalue weighted by Crippen LogP contribution is 2.22. The number of carbonyl (C=O) groups is 1. The van der Waals surface area contributed by atoms with Crippen molar-refractivity contribution < 1.29 is 13.9 Å². The van der Waals surface area contributed by atoms with E-state index in [1.165, 1.54) is 32.4 Å². The number of halogens is 1. The number of hydrogen-bond acceptors (Lipinski definition) is 3. The zero-order valence-corrected chi connectivity index (χ0v) is 14.3. The predicted molar refractivity (Wildman–Crippen MR) is 88.9 cm³/mol. The molecule has 0 heterocycles. The Morgan fingerprint density at radius 1 is 1.26 bits per heavy atom. The third-order valence-electron chi connectivity index (χ3n) is 4.59. The van der Waals surface area contributed by atoms with Gasteiger partial charge in [-0.05, 0) is 37.6 Å². The van der Waals surface area contributed by atoms with Crippen molar-refractivity contribution in [2.75, 3.05) is 27.7 Å². The van der Waals surface area contributed by atoms with Gasteiger partial charge in [-0.3, -0.25) is 9.69 Å². The van der Waals surface area contributed by atoms with E-state index in [9.17, 15) is 9.18 Å². The Morgan fingerprint density at radius 2 is 1.96 bits per heavy atom. The van der Waals surface area contributed by atoms with E-state index in [4.69, 9.17) is 4.74 Å². The third kappa shape index (κ3) is 4.93. The highest BCUT2D eigenvalue weighted by Gasteiger charge is 2.22. The highest BCUT2D eigenvalue weighted by atomic mass is 19.1. The van der Waals surface area contributed by atoms with Crippen LogP contribution in [0.15, 0.2) is 18.2 Å². The molecule has 128 valence electrons. The molecule has 2 rings (SSSR count). The van der Waals surface area contributed by atoms with Crippen LogP contribution in [0.25, 0.3) is 0 Å². The smallest absolute Gasteiger partial charge is 0.236 e. The highest BCUT2D eigenvalue weighted by molar-refractivity contribution is 5.78. The summed E-state index contributed by atoms with van der Waals surface area (Å²) in [6.45, 7) is 0.881. The van der Waals surface area contributed by atoms with Crippen molar-refractivity contribution in [1.82, 2.24) is 9.80 Å². The van der Waals surface area contributed by atoms with E-state index >= 15 is 0 Å². The minimum absolute atomic E-state index is 0.133. The normalized spacial score (nSPS) is 15.7. The van der Waals surface area contributed by atoms with Gasteiger partial charge in [0.2, 0.25) is 5.91 Å². The van der Waals surface area contributed by atoms with Gasteiger partial charge in [0, 0.05) is 19.6 Å². The second kappa shape index (κ2) is 8.29. The number of ether oxygens (including phenoxy) is 1. The lowest BCUT2D eigenvalue weighted by molar-refractivity contribution is -0.133. The number of rotatable bonds is 6. The van der Waals surface area contributed by atoms with Crippen molar-refractivity contribution in [2.24, 2.45) is 0 Å². The molecule has 0 N–H and O–H groups in total. The molecule has 0 radical (unpaired) electrons. The number of nitrogens with zero attached hydrogens (tertiary/aromatic N) is 2. The van der Waals surface area contributed by atoms with Gasteiger partial charge in [0.1, 0.15) is 0 Å². The fraction of sp³-hybridized carbons (Fsp3) is 0.611. The number of benzene rings is 1. The molecule has 0 saturated heterocycles. The van der Waals surface area contributed by atoms with E-state index in [-0.39, 0.29) is 17.5 Å². The van der Waals surface area contributed by atoms with Crippen molar-refractivity contribution in [3.63, 3.8) is 0 Å². The second-order valence-corrected chi connectivity index (χ2v) is 6.44. The lowest BCUT2D eigenvalue weighted by Crippen LogP contribution is -2.43. The molecule has 4 nitrogen and oxygen atoms in total. The maximum atomic E-state index is 13.7. The zero-order valence-electron chi connectivity index (χ0n) is 14.3. The average molecular weight is 322 g/mol. The van der Waals surface area contributed by atoms with Gasteiger partial charge in [-0.1, -0.05) is 25.3 Å². The molecule has 1 aliphatic carbocycles. The summed E-state index contributed by atoms with van der Waals surface area (Å²) < 4.78 is 18.6. The molecule has 1 aromatic carbocycles. The molecule has 0 unspecified atom stereocenters. The molecule has 1 fully saturated rings. The Hall–Kier alpha value is -1.62. The summed E-state index contributed by atoms with van der Waals surface area (Å²) in [6.07, 6.45) is 5.92. The first kappa shape index (κ1) is 17.7. The van der Waals surface area contributed by atoms with Crippen molar-refractivity contribution in [1.29, 1.82) is 0 Å². The lowest BCUT2D eigenvalue weighted by Gasteiger charge is -2.32. The van der Waals surface area contributed by atoms with Gasteiger partial charge in [-0.15, -0.1) is 0 Å². The maximum Gasteiger partial charge on any atom is 0.236 e. The molecule has 0 bridgehead atoms. The van der Waals surface area contributed by atoms with E-state index in [0.29, 0.717) is 19.1 Å². The van der Waals surface area contributed by atoms with Gasteiger partial charge in [0.25, 0.3) is 0 Å². The number of amides is 1. The first-order valence-corrected chi connectivity index (χ1v) is 8.28. The summed E-state index contributed by atoms with van der Waals surface area (Å²) in [6, 6.07) is 5.29. The van der Waals surface area contributed by atoms with Gasteiger partial charge in [0.15, 0.2) is 11.6 Å². The first-order valence-electron chi connectivity index (χ1n) is 8.28. The molecule has 0 aromatic heterocycles. The summed E-state index contributed by atoms with van der Waals surface area (Å²) in [4.78, 5) is 16.2. The summed E-state index contributed by atoms with van der Waals surface area (Å²) in [5.74, 6) is 0.00180. The summed E-state index contributed by atoms with van der Waals surface area (Å²) in [7, 11) is 5.23. The van der Waals surface area contributed by atoms with Gasteiger partial charge >= 0.3 is 0 Å². The topological polar surface area (TPSA) is 32.8 Å². The Labute approximate surface area is 138 Å². The Bertz CT molecular complexity index is 530. The van der Waals surface area contributed by atoms with E-state index in [2.05, 4.69) is 0 Å². The number of hydrogen-bond donors (Lipinski definition) is 0. The van der Waals surface area contributed by atoms with Crippen LogP contribution in [0.3, 0.4) is 0 Å². The van der Waals surface area contributed by atoms with Crippen LogP contribution in [-0.2, 0) is 11.3 Å². The monoisotopic (exact) mass is 322 g/mol. The fourth-order valence-corrected chi connectivity index (χ4v) is 3.19. The van der Waals surface area contributed by atoms with Crippen LogP contribution in [0.1, 0.15) is 37.7 Å². The predicted octanol–water partition coefficient (Wildman–Crippen LogP) is 3.06. The van der Waals surface area contributed by atoms with E-state index in [1.54, 1.807) is 6.07 Å². The van der Waals surface area contributed by atoms with Crippen LogP contribution in [0.5, 0.6) is 5.75 Å². The summed E-state index contributed by atoms with van der Waals surface area (Å²) in [5, 5.41) is 0. The van der Waals surface area contributed by atoms with E-state index in [1.807, 2.05) is 30.0 Å². The van der Waals surface area contributed by atoms with Gasteiger partial charge < -0.3 is 9.64 Å². The Balaban J connectivity index is 1.87. The molecule has 1 aliphatic rings. The minimum atomic E-state index is -0.371. The number of methoxy groups -OCH3 is 1. The van der Waals surface area contributed by atoms with Gasteiger partial charge in [-0.25, -0.2) is 4.39 Å². The third-order valence-corrected chi connectivity index (χ3v) is 4.59. The quantitative estimate of drug-likeness (QED) is 0.807. The molecule has 0 aliphatic heterocycles. The average Bonchev–Trinajstić information content (AvgIpc) is 2.55. The standard InChI is InChI=1S/C18H27FN2O2/c1-20(12-14-9-10-17(23-3)16(19)11-14)13-18(22)21(2)15-7-5-4-6-8-15/h9-11,15H,4-8,12-13H2,1-3H3. The van der Waals surface area contributed by atoms with Crippen LogP contribution in [0.2, 0.25) is 0 Å². The molecule has 1 aromatic rings. The number of likely N-dealkylation sites (N-methyl/N-ethyl adjacent to an activating group) is 2. The molecular weight excluding hydrogens is 295 g/mol.